The molecule has 20 heavy (non-hydrogen) atoms. The third kappa shape index (κ3) is 2.88. The first-order chi connectivity index (χ1) is 9.58. The van der Waals surface area contributed by atoms with Gasteiger partial charge in [-0.1, -0.05) is 6.92 Å². The van der Waals surface area contributed by atoms with Crippen LogP contribution in [0.3, 0.4) is 0 Å². The fourth-order valence-corrected chi connectivity index (χ4v) is 3.53. The van der Waals surface area contributed by atoms with E-state index in [0.29, 0.717) is 11.6 Å². The molecule has 1 saturated heterocycles. The van der Waals surface area contributed by atoms with Gasteiger partial charge in [-0.05, 0) is 37.5 Å². The number of nitrogen functional groups attached to an aromatic ring is 1. The molecular weight excluding hydrogens is 276 g/mol. The fraction of sp³-hybridized carbons (Fsp3) is 0.692. The first-order valence-corrected chi connectivity index (χ1v) is 7.64. The number of likely N-dealkylation sites (N-methyl/N-ethyl adjacent to an activating group) is 2. The number of likely N-dealkylation sites (tertiary alicyclic amines) is 1. The molecule has 0 spiro atoms. The predicted octanol–water partition coefficient (Wildman–Crippen LogP) is 1.43. The van der Waals surface area contributed by atoms with Crippen LogP contribution in [-0.2, 0) is 4.74 Å². The average molecular weight is 298 g/mol. The highest BCUT2D eigenvalue weighted by molar-refractivity contribution is 7.11. The van der Waals surface area contributed by atoms with E-state index in [4.69, 9.17) is 10.5 Å². The molecule has 1 aliphatic rings. The molecule has 1 aliphatic heterocycles. The maximum Gasteiger partial charge on any atom is 0.344 e. The van der Waals surface area contributed by atoms with Crippen LogP contribution in [0.15, 0.2) is 0 Å². The Hall–Kier alpha value is -1.34. The summed E-state index contributed by atoms with van der Waals surface area (Å²) in [6.45, 7) is 5.28. The number of rotatable bonds is 5. The van der Waals surface area contributed by atoms with Gasteiger partial charge in [-0.15, -0.1) is 0 Å². The van der Waals surface area contributed by atoms with Crippen molar-refractivity contribution in [1.82, 2.24) is 9.27 Å². The quantitative estimate of drug-likeness (QED) is 0.829. The minimum Gasteiger partial charge on any atom is -0.465 e. The molecule has 0 bridgehead atoms. The van der Waals surface area contributed by atoms with Crippen molar-refractivity contribution in [3.63, 3.8) is 0 Å². The Kier molecular flexibility index (Phi) is 4.82. The van der Waals surface area contributed by atoms with Gasteiger partial charge in [0.15, 0.2) is 5.82 Å². The molecule has 2 rings (SSSR count). The Labute approximate surface area is 123 Å². The number of hydrogen-bond acceptors (Lipinski definition) is 7. The zero-order valence-electron chi connectivity index (χ0n) is 12.3. The van der Waals surface area contributed by atoms with Crippen molar-refractivity contribution >= 4 is 28.3 Å². The summed E-state index contributed by atoms with van der Waals surface area (Å²) < 4.78 is 8.87. The number of nitrogens with two attached hydrogens (primary N) is 1. The number of carbonyl (C=O) groups excluding carboxylic acids is 1. The number of methoxy groups -OCH3 is 1. The maximum absolute atomic E-state index is 11.8. The summed E-state index contributed by atoms with van der Waals surface area (Å²) >= 11 is 1.25. The normalized spacial score (nSPS) is 19.2. The summed E-state index contributed by atoms with van der Waals surface area (Å²) in [5.41, 5.74) is 6.17. The van der Waals surface area contributed by atoms with E-state index >= 15 is 0 Å². The van der Waals surface area contributed by atoms with Crippen molar-refractivity contribution < 1.29 is 9.53 Å². The van der Waals surface area contributed by atoms with Crippen molar-refractivity contribution in [2.75, 3.05) is 44.4 Å². The summed E-state index contributed by atoms with van der Waals surface area (Å²) in [7, 11) is 3.34. The number of nitrogens with zero attached hydrogens (tertiary/aromatic N) is 3. The zero-order chi connectivity index (χ0) is 14.7. The largest absolute Gasteiger partial charge is 0.465 e. The van der Waals surface area contributed by atoms with Crippen LogP contribution in [0, 0.1) is 0 Å². The SMILES string of the molecule is CCN1CCCC1CN(C)c1snc(N)c1C(=O)OC. The monoisotopic (exact) mass is 298 g/mol. The Morgan fingerprint density at radius 1 is 1.65 bits per heavy atom. The van der Waals surface area contributed by atoms with E-state index in [-0.39, 0.29) is 5.82 Å². The van der Waals surface area contributed by atoms with E-state index in [2.05, 4.69) is 21.1 Å². The Morgan fingerprint density at radius 3 is 3.05 bits per heavy atom. The van der Waals surface area contributed by atoms with Crippen LogP contribution >= 0.6 is 11.5 Å². The van der Waals surface area contributed by atoms with Crippen molar-refractivity contribution in [1.29, 1.82) is 0 Å². The van der Waals surface area contributed by atoms with Gasteiger partial charge in [0, 0.05) is 19.6 Å². The number of anilines is 2. The highest BCUT2D eigenvalue weighted by atomic mass is 32.1. The summed E-state index contributed by atoms with van der Waals surface area (Å²) in [5.74, 6) is -0.167. The number of hydrogen-bond donors (Lipinski definition) is 1. The van der Waals surface area contributed by atoms with Crippen LogP contribution < -0.4 is 10.6 Å². The van der Waals surface area contributed by atoms with Gasteiger partial charge in [-0.3, -0.25) is 4.90 Å². The van der Waals surface area contributed by atoms with Crippen LogP contribution in [0.1, 0.15) is 30.1 Å². The van der Waals surface area contributed by atoms with Crippen molar-refractivity contribution in [2.45, 2.75) is 25.8 Å². The van der Waals surface area contributed by atoms with Crippen LogP contribution in [0.4, 0.5) is 10.8 Å². The van der Waals surface area contributed by atoms with Crippen LogP contribution in [0.5, 0.6) is 0 Å². The maximum atomic E-state index is 11.8. The molecule has 0 aromatic carbocycles. The molecule has 2 heterocycles. The lowest BCUT2D eigenvalue weighted by Crippen LogP contribution is -2.38. The zero-order valence-corrected chi connectivity index (χ0v) is 13.1. The predicted molar refractivity (Wildman–Crippen MR) is 81.4 cm³/mol. The Morgan fingerprint density at radius 2 is 2.40 bits per heavy atom. The molecule has 1 aromatic heterocycles. The van der Waals surface area contributed by atoms with Gasteiger partial charge in [-0.25, -0.2) is 4.79 Å². The van der Waals surface area contributed by atoms with Gasteiger partial charge >= 0.3 is 5.97 Å². The van der Waals surface area contributed by atoms with E-state index in [0.717, 1.165) is 24.6 Å². The Balaban J connectivity index is 2.13. The van der Waals surface area contributed by atoms with E-state index in [1.54, 1.807) is 0 Å². The standard InChI is InChI=1S/C13H22N4O2S/c1-4-17-7-5-6-9(17)8-16(2)12-10(13(18)19-3)11(14)15-20-12/h9H,4-8H2,1-3H3,(H2,14,15). The molecule has 0 amide bonds. The van der Waals surface area contributed by atoms with Crippen molar-refractivity contribution in [3.05, 3.63) is 5.56 Å². The summed E-state index contributed by atoms with van der Waals surface area (Å²) in [4.78, 5) is 16.3. The lowest BCUT2D eigenvalue weighted by atomic mass is 10.2. The number of esters is 1. The molecule has 0 radical (unpaired) electrons. The second-order valence-electron chi connectivity index (χ2n) is 5.04. The van der Waals surface area contributed by atoms with Crippen LogP contribution in [0.25, 0.3) is 0 Å². The van der Waals surface area contributed by atoms with E-state index in [1.807, 2.05) is 7.05 Å². The second-order valence-corrected chi connectivity index (χ2v) is 5.80. The Bertz CT molecular complexity index is 477. The highest BCUT2D eigenvalue weighted by Gasteiger charge is 2.28. The number of aromatic nitrogens is 1. The molecule has 112 valence electrons. The minimum atomic E-state index is -0.420. The summed E-state index contributed by atoms with van der Waals surface area (Å²) in [5, 5.41) is 0.789. The topological polar surface area (TPSA) is 71.7 Å². The van der Waals surface area contributed by atoms with Gasteiger partial charge in [0.2, 0.25) is 0 Å². The van der Waals surface area contributed by atoms with Crippen molar-refractivity contribution in [3.8, 4) is 0 Å². The molecule has 1 unspecified atom stereocenters. The molecule has 1 fully saturated rings. The first kappa shape index (κ1) is 15.1. The summed E-state index contributed by atoms with van der Waals surface area (Å²) in [6, 6.07) is 0.527. The van der Waals surface area contributed by atoms with Gasteiger partial charge < -0.3 is 15.4 Å². The van der Waals surface area contributed by atoms with Crippen LogP contribution in [0.2, 0.25) is 0 Å². The fourth-order valence-electron chi connectivity index (χ4n) is 2.77. The molecule has 6 nitrogen and oxygen atoms in total. The smallest absolute Gasteiger partial charge is 0.344 e. The molecule has 2 N–H and O–H groups in total. The summed E-state index contributed by atoms with van der Waals surface area (Å²) in [6.07, 6.45) is 2.43. The number of carbonyl (C=O) groups is 1. The third-order valence-corrected chi connectivity index (χ3v) is 4.80. The lowest BCUT2D eigenvalue weighted by Gasteiger charge is -2.28. The van der Waals surface area contributed by atoms with Gasteiger partial charge in [0.1, 0.15) is 10.6 Å². The van der Waals surface area contributed by atoms with E-state index in [9.17, 15) is 4.79 Å². The molecular formula is C13H22N4O2S. The molecule has 0 aliphatic carbocycles. The third-order valence-electron chi connectivity index (χ3n) is 3.83. The lowest BCUT2D eigenvalue weighted by molar-refractivity contribution is 0.0603. The van der Waals surface area contributed by atoms with Gasteiger partial charge in [0.05, 0.1) is 7.11 Å². The minimum absolute atomic E-state index is 0.252. The van der Waals surface area contributed by atoms with Crippen molar-refractivity contribution in [2.24, 2.45) is 0 Å². The second kappa shape index (κ2) is 6.41. The number of ether oxygens (including phenoxy) is 1. The van der Waals surface area contributed by atoms with E-state index < -0.39 is 5.97 Å². The molecule has 1 aromatic rings. The van der Waals surface area contributed by atoms with Gasteiger partial charge in [-0.2, -0.15) is 4.37 Å². The molecule has 7 heteroatoms. The van der Waals surface area contributed by atoms with E-state index in [1.165, 1.54) is 31.5 Å². The van der Waals surface area contributed by atoms with Gasteiger partial charge in [0.25, 0.3) is 0 Å². The van der Waals surface area contributed by atoms with Crippen LogP contribution in [-0.4, -0.2) is 55.1 Å². The molecule has 0 saturated carbocycles. The molecule has 1 atom stereocenters. The average Bonchev–Trinajstić information content (AvgIpc) is 3.04. The highest BCUT2D eigenvalue weighted by Crippen LogP contribution is 2.31. The first-order valence-electron chi connectivity index (χ1n) is 6.87.